The lowest BCUT2D eigenvalue weighted by molar-refractivity contribution is 0.00578. The molecule has 2 fully saturated rings. The molecule has 0 bridgehead atoms. The molecule has 0 radical (unpaired) electrons. The zero-order valence-corrected chi connectivity index (χ0v) is 14.3. The molecule has 1 heterocycles. The Bertz CT molecular complexity index is 524. The number of rotatable bonds is 4. The molecule has 21 heavy (non-hydrogen) atoms. The Kier molecular flexibility index (Phi) is 3.79. The molecule has 1 saturated heterocycles. The third-order valence-corrected chi connectivity index (χ3v) is 5.38. The van der Waals surface area contributed by atoms with Gasteiger partial charge >= 0.3 is 7.12 Å². The van der Waals surface area contributed by atoms with Crippen molar-refractivity contribution in [1.29, 1.82) is 0 Å². The van der Waals surface area contributed by atoms with E-state index < -0.39 is 0 Å². The van der Waals surface area contributed by atoms with E-state index in [0.29, 0.717) is 6.10 Å². The summed E-state index contributed by atoms with van der Waals surface area (Å²) in [5.41, 5.74) is 0.431. The third-order valence-electron chi connectivity index (χ3n) is 4.54. The molecule has 0 N–H and O–H groups in total. The van der Waals surface area contributed by atoms with Gasteiger partial charge in [0.15, 0.2) is 0 Å². The van der Waals surface area contributed by atoms with Crippen molar-refractivity contribution in [2.24, 2.45) is 0 Å². The minimum atomic E-state index is -0.333. The quantitative estimate of drug-likeness (QED) is 0.630. The fourth-order valence-corrected chi connectivity index (χ4v) is 3.08. The summed E-state index contributed by atoms with van der Waals surface area (Å²) < 4.78 is 18.4. The van der Waals surface area contributed by atoms with E-state index in [0.717, 1.165) is 28.9 Å². The largest absolute Gasteiger partial charge is 0.496 e. The van der Waals surface area contributed by atoms with Gasteiger partial charge in [0.2, 0.25) is 0 Å². The minimum Gasteiger partial charge on any atom is -0.489 e. The SMILES string of the molecule is CSc1c(OC2CC2)cccc1B1OC(C)(C)C(C)(C)O1. The van der Waals surface area contributed by atoms with E-state index in [4.69, 9.17) is 14.0 Å². The van der Waals surface area contributed by atoms with Crippen molar-refractivity contribution < 1.29 is 14.0 Å². The fraction of sp³-hybridized carbons (Fsp3) is 0.625. The minimum absolute atomic E-state index is 0.319. The zero-order chi connectivity index (χ0) is 15.3. The van der Waals surface area contributed by atoms with Gasteiger partial charge in [0.05, 0.1) is 17.3 Å². The van der Waals surface area contributed by atoms with E-state index in [1.807, 2.05) is 12.1 Å². The van der Waals surface area contributed by atoms with Gasteiger partial charge in [-0.1, -0.05) is 12.1 Å². The molecule has 3 nitrogen and oxygen atoms in total. The normalized spacial score (nSPS) is 23.4. The van der Waals surface area contributed by atoms with Crippen LogP contribution in [0.1, 0.15) is 40.5 Å². The van der Waals surface area contributed by atoms with Crippen LogP contribution in [0.25, 0.3) is 0 Å². The first kappa shape index (κ1) is 15.3. The van der Waals surface area contributed by atoms with Crippen LogP contribution >= 0.6 is 11.8 Å². The second kappa shape index (κ2) is 5.22. The van der Waals surface area contributed by atoms with Crippen LogP contribution in [0.5, 0.6) is 5.75 Å². The Morgan fingerprint density at radius 1 is 1.14 bits per heavy atom. The molecule has 1 aromatic rings. The number of hydrogen-bond acceptors (Lipinski definition) is 4. The first-order valence-electron chi connectivity index (χ1n) is 7.53. The number of thioether (sulfide) groups is 1. The van der Waals surface area contributed by atoms with Crippen molar-refractivity contribution in [3.05, 3.63) is 18.2 Å². The maximum Gasteiger partial charge on any atom is 0.496 e. The maximum atomic E-state index is 6.18. The monoisotopic (exact) mass is 306 g/mol. The van der Waals surface area contributed by atoms with Crippen molar-refractivity contribution in [2.75, 3.05) is 6.26 Å². The van der Waals surface area contributed by atoms with E-state index in [2.05, 4.69) is 40.0 Å². The molecule has 0 unspecified atom stereocenters. The standard InChI is InChI=1S/C16H23BO3S/c1-15(2)16(3,4)20-17(19-15)12-7-6-8-13(14(12)21-5)18-11-9-10-11/h6-8,11H,9-10H2,1-5H3. The summed E-state index contributed by atoms with van der Waals surface area (Å²) in [7, 11) is -0.333. The van der Waals surface area contributed by atoms with E-state index >= 15 is 0 Å². The van der Waals surface area contributed by atoms with Crippen molar-refractivity contribution >= 4 is 24.3 Å². The number of benzene rings is 1. The van der Waals surface area contributed by atoms with Crippen molar-refractivity contribution in [3.8, 4) is 5.75 Å². The third kappa shape index (κ3) is 2.83. The van der Waals surface area contributed by atoms with Gasteiger partial charge in [0.25, 0.3) is 0 Å². The summed E-state index contributed by atoms with van der Waals surface area (Å²) in [5.74, 6) is 0.956. The molecular formula is C16H23BO3S. The molecule has 1 aliphatic carbocycles. The van der Waals surface area contributed by atoms with Gasteiger partial charge in [-0.05, 0) is 58.3 Å². The lowest BCUT2D eigenvalue weighted by atomic mass is 9.79. The first-order chi connectivity index (χ1) is 9.84. The van der Waals surface area contributed by atoms with Gasteiger partial charge in [0, 0.05) is 4.90 Å². The number of ether oxygens (including phenoxy) is 1. The predicted molar refractivity (Wildman–Crippen MR) is 87.6 cm³/mol. The van der Waals surface area contributed by atoms with Crippen molar-refractivity contribution in [2.45, 2.75) is 62.7 Å². The van der Waals surface area contributed by atoms with E-state index in [1.165, 1.54) is 0 Å². The van der Waals surface area contributed by atoms with Gasteiger partial charge in [-0.15, -0.1) is 11.8 Å². The Morgan fingerprint density at radius 2 is 1.76 bits per heavy atom. The van der Waals surface area contributed by atoms with Crippen molar-refractivity contribution in [1.82, 2.24) is 0 Å². The average Bonchev–Trinajstić information content (AvgIpc) is 3.17. The van der Waals surface area contributed by atoms with Gasteiger partial charge in [0.1, 0.15) is 5.75 Å². The second-order valence-corrected chi connectivity index (χ2v) is 7.60. The highest BCUT2D eigenvalue weighted by atomic mass is 32.2. The van der Waals surface area contributed by atoms with Crippen LogP contribution in [0.2, 0.25) is 0 Å². The van der Waals surface area contributed by atoms with Crippen molar-refractivity contribution in [3.63, 3.8) is 0 Å². The predicted octanol–water partition coefficient (Wildman–Crippen LogP) is 3.25. The van der Waals surface area contributed by atoms with E-state index in [-0.39, 0.29) is 18.3 Å². The summed E-state index contributed by atoms with van der Waals surface area (Å²) in [6.45, 7) is 8.32. The Morgan fingerprint density at radius 3 is 2.29 bits per heavy atom. The Hall–Kier alpha value is -0.645. The van der Waals surface area contributed by atoms with E-state index in [9.17, 15) is 0 Å². The summed E-state index contributed by atoms with van der Waals surface area (Å²) in [5, 5.41) is 0. The summed E-state index contributed by atoms with van der Waals surface area (Å²) in [6.07, 6.45) is 4.79. The average molecular weight is 306 g/mol. The highest BCUT2D eigenvalue weighted by molar-refractivity contribution is 7.99. The Balaban J connectivity index is 1.91. The molecule has 3 rings (SSSR count). The molecule has 2 aliphatic rings. The molecule has 0 atom stereocenters. The molecule has 5 heteroatoms. The highest BCUT2D eigenvalue weighted by Crippen LogP contribution is 2.39. The smallest absolute Gasteiger partial charge is 0.489 e. The molecule has 1 aromatic carbocycles. The highest BCUT2D eigenvalue weighted by Gasteiger charge is 2.52. The summed E-state index contributed by atoms with van der Waals surface area (Å²) in [6, 6.07) is 6.14. The molecule has 0 aromatic heterocycles. The molecule has 114 valence electrons. The van der Waals surface area contributed by atoms with Gasteiger partial charge in [-0.25, -0.2) is 0 Å². The van der Waals surface area contributed by atoms with Crippen LogP contribution in [0, 0.1) is 0 Å². The van der Waals surface area contributed by atoms with Gasteiger partial charge in [-0.2, -0.15) is 0 Å². The van der Waals surface area contributed by atoms with Crippen LogP contribution in [0.4, 0.5) is 0 Å². The summed E-state index contributed by atoms with van der Waals surface area (Å²) >= 11 is 1.69. The lowest BCUT2D eigenvalue weighted by Crippen LogP contribution is -2.41. The van der Waals surface area contributed by atoms with Crippen LogP contribution in [0.3, 0.4) is 0 Å². The van der Waals surface area contributed by atoms with Gasteiger partial charge < -0.3 is 14.0 Å². The summed E-state index contributed by atoms with van der Waals surface area (Å²) in [4.78, 5) is 1.13. The van der Waals surface area contributed by atoms with Crippen LogP contribution in [-0.4, -0.2) is 30.7 Å². The number of hydrogen-bond donors (Lipinski definition) is 0. The molecule has 0 amide bonds. The maximum absolute atomic E-state index is 6.18. The van der Waals surface area contributed by atoms with Crippen LogP contribution in [0.15, 0.2) is 23.1 Å². The zero-order valence-electron chi connectivity index (χ0n) is 13.4. The van der Waals surface area contributed by atoms with E-state index in [1.54, 1.807) is 11.8 Å². The molecular weight excluding hydrogens is 283 g/mol. The van der Waals surface area contributed by atoms with Crippen LogP contribution < -0.4 is 10.2 Å². The van der Waals surface area contributed by atoms with Gasteiger partial charge in [-0.3, -0.25) is 0 Å². The molecule has 0 spiro atoms. The van der Waals surface area contributed by atoms with Crippen LogP contribution in [-0.2, 0) is 9.31 Å². The molecule has 1 saturated carbocycles. The molecule has 1 aliphatic heterocycles. The second-order valence-electron chi connectivity index (χ2n) is 6.78. The lowest BCUT2D eigenvalue weighted by Gasteiger charge is -2.32. The Labute approximate surface area is 131 Å². The fourth-order valence-electron chi connectivity index (χ4n) is 2.37. The topological polar surface area (TPSA) is 27.7 Å². The first-order valence-corrected chi connectivity index (χ1v) is 8.76.